The van der Waals surface area contributed by atoms with Gasteiger partial charge in [0.1, 0.15) is 0 Å². The van der Waals surface area contributed by atoms with Gasteiger partial charge in [-0.3, -0.25) is 0 Å². The Morgan fingerprint density at radius 2 is 1.09 bits per heavy atom. The van der Waals surface area contributed by atoms with Crippen LogP contribution in [0.4, 0.5) is 0 Å². The maximum atomic E-state index is 7.10. The maximum Gasteiger partial charge on any atom is 0.0610 e. The van der Waals surface area contributed by atoms with Crippen LogP contribution in [0.5, 0.6) is 0 Å². The van der Waals surface area contributed by atoms with Gasteiger partial charge in [-0.05, 0) is 118 Å². The van der Waals surface area contributed by atoms with E-state index in [2.05, 4.69) is 6.92 Å². The van der Waals surface area contributed by atoms with Crippen molar-refractivity contribution in [3.05, 3.63) is 5.92 Å². The lowest BCUT2D eigenvalue weighted by Gasteiger charge is -2.55. The average Bonchev–Trinajstić information content (AvgIpc) is 2.97. The molecule has 5 aliphatic carbocycles. The van der Waals surface area contributed by atoms with Crippen molar-refractivity contribution in [3.63, 3.8) is 0 Å². The van der Waals surface area contributed by atoms with Gasteiger partial charge in [-0.2, -0.15) is 0 Å². The molecule has 1 radical (unpaired) electrons. The molecule has 2 nitrogen and oxygen atoms in total. The zero-order valence-electron chi connectivity index (χ0n) is 22.2. The van der Waals surface area contributed by atoms with Gasteiger partial charge in [-0.15, -0.1) is 0 Å². The van der Waals surface area contributed by atoms with Crippen LogP contribution in [0, 0.1) is 53.3 Å². The third-order valence-corrected chi connectivity index (χ3v) is 11.9. The molecule has 0 aromatic heterocycles. The molecule has 0 spiro atoms. The molecule has 8 atom stereocenters. The number of fused-ring (bicyclic) bond motifs is 7. The Morgan fingerprint density at radius 3 is 1.62 bits per heavy atom. The molecule has 6 fully saturated rings. The van der Waals surface area contributed by atoms with Crippen LogP contribution < -0.4 is 0 Å². The SMILES string of the molecule is CCC[C]1CCC(C2COC3CCC4CCCCC4C3C3C(CCC4CCCCC43)OC2)CC1. The van der Waals surface area contributed by atoms with Gasteiger partial charge in [0, 0.05) is 5.92 Å². The second-order valence-corrected chi connectivity index (χ2v) is 13.6. The van der Waals surface area contributed by atoms with Gasteiger partial charge < -0.3 is 9.47 Å². The third-order valence-electron chi connectivity index (χ3n) is 11.9. The standard InChI is InChI=1S/C32H53O2/c1-2-7-22-12-14-23(15-13-22)26-20-33-29-18-16-24-8-3-5-10-27(24)31(29)32-28-11-6-4-9-25(28)17-19-30(32)34-21-26/h23-32H,2-21H2,1H3. The summed E-state index contributed by atoms with van der Waals surface area (Å²) in [5, 5.41) is 0. The van der Waals surface area contributed by atoms with E-state index in [1.54, 1.807) is 0 Å². The minimum Gasteiger partial charge on any atom is -0.378 e. The second-order valence-electron chi connectivity index (χ2n) is 13.6. The highest BCUT2D eigenvalue weighted by Gasteiger charge is 2.53. The van der Waals surface area contributed by atoms with E-state index in [1.165, 1.54) is 116 Å². The summed E-state index contributed by atoms with van der Waals surface area (Å²) in [4.78, 5) is 0. The lowest BCUT2D eigenvalue weighted by molar-refractivity contribution is -0.140. The molecule has 1 saturated heterocycles. The highest BCUT2D eigenvalue weighted by atomic mass is 16.5. The van der Waals surface area contributed by atoms with Crippen LogP contribution in [-0.4, -0.2) is 25.4 Å². The van der Waals surface area contributed by atoms with Gasteiger partial charge in [-0.25, -0.2) is 0 Å². The summed E-state index contributed by atoms with van der Waals surface area (Å²) in [7, 11) is 0. The van der Waals surface area contributed by atoms with Crippen LogP contribution in [-0.2, 0) is 9.47 Å². The molecular weight excluding hydrogens is 416 g/mol. The normalized spacial score (nSPS) is 46.7. The molecule has 34 heavy (non-hydrogen) atoms. The van der Waals surface area contributed by atoms with Crippen LogP contribution >= 0.6 is 0 Å². The monoisotopic (exact) mass is 469 g/mol. The van der Waals surface area contributed by atoms with Crippen molar-refractivity contribution in [2.24, 2.45) is 47.3 Å². The summed E-state index contributed by atoms with van der Waals surface area (Å²) >= 11 is 0. The Balaban J connectivity index is 1.23. The molecular formula is C32H53O2. The molecule has 1 aliphatic heterocycles. The lowest BCUT2D eigenvalue weighted by atomic mass is 9.53. The Bertz CT molecular complexity index is 597. The number of hydrogen-bond acceptors (Lipinski definition) is 2. The zero-order valence-corrected chi connectivity index (χ0v) is 22.2. The first-order valence-corrected chi connectivity index (χ1v) is 15.9. The first-order valence-electron chi connectivity index (χ1n) is 15.9. The smallest absolute Gasteiger partial charge is 0.0610 e. The molecule has 5 saturated carbocycles. The predicted octanol–water partition coefficient (Wildman–Crippen LogP) is 8.38. The molecule has 1 heterocycles. The highest BCUT2D eigenvalue weighted by molar-refractivity contribution is 5.02. The van der Waals surface area contributed by atoms with Gasteiger partial charge in [0.2, 0.25) is 0 Å². The summed E-state index contributed by atoms with van der Waals surface area (Å²) < 4.78 is 14.2. The number of ether oxygens (including phenoxy) is 2. The molecule has 0 N–H and O–H groups in total. The van der Waals surface area contributed by atoms with Gasteiger partial charge in [0.15, 0.2) is 0 Å². The van der Waals surface area contributed by atoms with E-state index in [0.717, 1.165) is 54.6 Å². The average molecular weight is 470 g/mol. The maximum absolute atomic E-state index is 7.10. The van der Waals surface area contributed by atoms with Crippen LogP contribution in [0.3, 0.4) is 0 Å². The minimum absolute atomic E-state index is 0.530. The van der Waals surface area contributed by atoms with Gasteiger partial charge in [-0.1, -0.05) is 51.9 Å². The fraction of sp³-hybridized carbons (Fsp3) is 0.969. The Morgan fingerprint density at radius 1 is 0.559 bits per heavy atom. The minimum atomic E-state index is 0.530. The van der Waals surface area contributed by atoms with Gasteiger partial charge >= 0.3 is 0 Å². The van der Waals surface area contributed by atoms with E-state index < -0.39 is 0 Å². The highest BCUT2D eigenvalue weighted by Crippen LogP contribution is 2.56. The van der Waals surface area contributed by atoms with Crippen molar-refractivity contribution in [2.75, 3.05) is 13.2 Å². The number of hydrogen-bond donors (Lipinski definition) is 0. The van der Waals surface area contributed by atoms with E-state index in [0.29, 0.717) is 18.1 Å². The van der Waals surface area contributed by atoms with Crippen molar-refractivity contribution < 1.29 is 9.47 Å². The van der Waals surface area contributed by atoms with Gasteiger partial charge in [0.05, 0.1) is 25.4 Å². The van der Waals surface area contributed by atoms with Crippen molar-refractivity contribution in [2.45, 2.75) is 135 Å². The van der Waals surface area contributed by atoms with E-state index in [9.17, 15) is 0 Å². The molecule has 8 unspecified atom stereocenters. The fourth-order valence-corrected chi connectivity index (χ4v) is 10.3. The summed E-state index contributed by atoms with van der Waals surface area (Å²) in [6, 6.07) is 0. The van der Waals surface area contributed by atoms with E-state index in [-0.39, 0.29) is 0 Å². The van der Waals surface area contributed by atoms with E-state index in [1.807, 2.05) is 5.92 Å². The molecule has 0 aromatic carbocycles. The summed E-state index contributed by atoms with van der Waals surface area (Å²) in [6.07, 6.45) is 26.7. The van der Waals surface area contributed by atoms with Crippen LogP contribution in [0.15, 0.2) is 0 Å². The zero-order chi connectivity index (χ0) is 22.9. The predicted molar refractivity (Wildman–Crippen MR) is 139 cm³/mol. The Labute approximate surface area is 210 Å². The van der Waals surface area contributed by atoms with Crippen LogP contribution in [0.1, 0.15) is 122 Å². The third kappa shape index (κ3) is 4.90. The van der Waals surface area contributed by atoms with Crippen LogP contribution in [0.2, 0.25) is 0 Å². The topological polar surface area (TPSA) is 18.5 Å². The second kappa shape index (κ2) is 11.1. The molecule has 0 aromatic rings. The van der Waals surface area contributed by atoms with Crippen molar-refractivity contribution in [1.29, 1.82) is 0 Å². The molecule has 0 bridgehead atoms. The van der Waals surface area contributed by atoms with Crippen molar-refractivity contribution >= 4 is 0 Å². The molecule has 193 valence electrons. The molecule has 6 rings (SSSR count). The lowest BCUT2D eigenvalue weighted by Crippen LogP contribution is -2.53. The molecule has 6 aliphatic rings. The quantitative estimate of drug-likeness (QED) is 0.413. The fourth-order valence-electron chi connectivity index (χ4n) is 10.3. The largest absolute Gasteiger partial charge is 0.378 e. The Hall–Kier alpha value is -0.0800. The van der Waals surface area contributed by atoms with E-state index >= 15 is 0 Å². The summed E-state index contributed by atoms with van der Waals surface area (Å²) in [6.45, 7) is 4.31. The van der Waals surface area contributed by atoms with E-state index in [4.69, 9.17) is 9.47 Å². The first kappa shape index (κ1) is 24.3. The molecule has 0 amide bonds. The van der Waals surface area contributed by atoms with Crippen molar-refractivity contribution in [3.8, 4) is 0 Å². The summed E-state index contributed by atoms with van der Waals surface area (Å²) in [5.41, 5.74) is 0. The van der Waals surface area contributed by atoms with Crippen molar-refractivity contribution in [1.82, 2.24) is 0 Å². The molecule has 2 heteroatoms. The summed E-state index contributed by atoms with van der Waals surface area (Å²) in [5.74, 6) is 8.74. The van der Waals surface area contributed by atoms with Crippen LogP contribution in [0.25, 0.3) is 0 Å². The first-order chi connectivity index (χ1) is 16.8. The number of rotatable bonds is 3. The Kier molecular flexibility index (Phi) is 7.94. The van der Waals surface area contributed by atoms with Gasteiger partial charge in [0.25, 0.3) is 0 Å².